The summed E-state index contributed by atoms with van der Waals surface area (Å²) >= 11 is 5.45. The number of hydrogen-bond acceptors (Lipinski definition) is 2. The van der Waals surface area contributed by atoms with E-state index in [9.17, 15) is 0 Å². The van der Waals surface area contributed by atoms with Crippen molar-refractivity contribution >= 4 is 23.3 Å². The third-order valence-electron chi connectivity index (χ3n) is 4.02. The van der Waals surface area contributed by atoms with Crippen molar-refractivity contribution in [3.8, 4) is 6.07 Å². The molecule has 1 aromatic carbocycles. The van der Waals surface area contributed by atoms with Crippen molar-refractivity contribution in [2.75, 3.05) is 0 Å². The Bertz CT molecular complexity index is 689. The maximum atomic E-state index is 9.14. The molecular weight excluding hydrogens is 242 g/mol. The van der Waals surface area contributed by atoms with E-state index in [0.717, 1.165) is 15.8 Å². The number of H-pyrrole nitrogens is 1. The SMILES string of the molecule is CC1CCCC1n1c(=S)[nH]c2c(C#N)cccc21. The molecule has 0 spiro atoms. The molecule has 1 fully saturated rings. The Morgan fingerprint density at radius 3 is 2.94 bits per heavy atom. The van der Waals surface area contributed by atoms with E-state index in [4.69, 9.17) is 17.5 Å². The number of nitriles is 1. The molecule has 1 aliphatic carbocycles. The molecule has 1 aliphatic rings. The van der Waals surface area contributed by atoms with Crippen LogP contribution in [0.25, 0.3) is 11.0 Å². The summed E-state index contributed by atoms with van der Waals surface area (Å²) in [6.45, 7) is 2.28. The zero-order chi connectivity index (χ0) is 12.7. The molecule has 1 aromatic heterocycles. The summed E-state index contributed by atoms with van der Waals surface area (Å²) in [7, 11) is 0. The first kappa shape index (κ1) is 11.5. The van der Waals surface area contributed by atoms with Gasteiger partial charge in [-0.15, -0.1) is 0 Å². The van der Waals surface area contributed by atoms with Crippen LogP contribution in [0.1, 0.15) is 37.8 Å². The Hall–Kier alpha value is -1.60. The molecule has 0 saturated heterocycles. The molecule has 2 atom stereocenters. The number of aromatic nitrogens is 2. The van der Waals surface area contributed by atoms with Crippen molar-refractivity contribution in [1.29, 1.82) is 5.26 Å². The van der Waals surface area contributed by atoms with Crippen LogP contribution in [0.15, 0.2) is 18.2 Å². The summed E-state index contributed by atoms with van der Waals surface area (Å²) in [5, 5.41) is 9.14. The number of hydrogen-bond donors (Lipinski definition) is 1. The van der Waals surface area contributed by atoms with Gasteiger partial charge >= 0.3 is 0 Å². The predicted molar refractivity (Wildman–Crippen MR) is 73.9 cm³/mol. The van der Waals surface area contributed by atoms with Gasteiger partial charge in [0.25, 0.3) is 0 Å². The second-order valence-corrected chi connectivity index (χ2v) is 5.47. The highest BCUT2D eigenvalue weighted by molar-refractivity contribution is 7.71. The standard InChI is InChI=1S/C14H15N3S/c1-9-4-2-6-11(9)17-12-7-3-5-10(8-15)13(12)16-14(17)18/h3,5,7,9,11H,2,4,6H2,1H3,(H,16,18). The van der Waals surface area contributed by atoms with Crippen LogP contribution in [0.5, 0.6) is 0 Å². The third-order valence-corrected chi connectivity index (χ3v) is 4.32. The van der Waals surface area contributed by atoms with E-state index in [-0.39, 0.29) is 0 Å². The van der Waals surface area contributed by atoms with Crippen molar-refractivity contribution in [2.45, 2.75) is 32.2 Å². The smallest absolute Gasteiger partial charge is 0.178 e. The predicted octanol–water partition coefficient (Wildman–Crippen LogP) is 3.93. The largest absolute Gasteiger partial charge is 0.329 e. The van der Waals surface area contributed by atoms with Gasteiger partial charge in [0.1, 0.15) is 6.07 Å². The Balaban J connectivity index is 2.27. The third kappa shape index (κ3) is 1.58. The number of benzene rings is 1. The number of fused-ring (bicyclic) bond motifs is 1. The number of nitrogens with one attached hydrogen (secondary N) is 1. The second kappa shape index (κ2) is 4.25. The van der Waals surface area contributed by atoms with Gasteiger partial charge < -0.3 is 9.55 Å². The fourth-order valence-corrected chi connectivity index (χ4v) is 3.42. The first-order valence-electron chi connectivity index (χ1n) is 6.35. The van der Waals surface area contributed by atoms with Crippen molar-refractivity contribution in [3.05, 3.63) is 28.5 Å². The van der Waals surface area contributed by atoms with E-state index in [1.807, 2.05) is 18.2 Å². The molecule has 1 heterocycles. The molecule has 0 bridgehead atoms. The van der Waals surface area contributed by atoms with Gasteiger partial charge in [0, 0.05) is 6.04 Å². The van der Waals surface area contributed by atoms with Crippen molar-refractivity contribution in [1.82, 2.24) is 9.55 Å². The molecule has 0 aliphatic heterocycles. The molecule has 2 unspecified atom stereocenters. The van der Waals surface area contributed by atoms with Crippen LogP contribution in [0.4, 0.5) is 0 Å². The average molecular weight is 257 g/mol. The molecule has 3 rings (SSSR count). The van der Waals surface area contributed by atoms with E-state index >= 15 is 0 Å². The Labute approximate surface area is 111 Å². The minimum absolute atomic E-state index is 0.472. The molecule has 0 radical (unpaired) electrons. The van der Waals surface area contributed by atoms with Gasteiger partial charge in [-0.05, 0) is 43.1 Å². The van der Waals surface area contributed by atoms with E-state index in [2.05, 4.69) is 22.5 Å². The molecule has 4 heteroatoms. The highest BCUT2D eigenvalue weighted by atomic mass is 32.1. The van der Waals surface area contributed by atoms with Gasteiger partial charge in [0.2, 0.25) is 0 Å². The highest BCUT2D eigenvalue weighted by Gasteiger charge is 2.27. The zero-order valence-electron chi connectivity index (χ0n) is 10.3. The number of rotatable bonds is 1. The van der Waals surface area contributed by atoms with Crippen LogP contribution in [0, 0.1) is 22.0 Å². The second-order valence-electron chi connectivity index (χ2n) is 5.09. The lowest BCUT2D eigenvalue weighted by Gasteiger charge is -2.18. The van der Waals surface area contributed by atoms with Gasteiger partial charge in [-0.25, -0.2) is 0 Å². The van der Waals surface area contributed by atoms with Crippen molar-refractivity contribution in [3.63, 3.8) is 0 Å². The molecular formula is C14H15N3S. The minimum atomic E-state index is 0.472. The maximum Gasteiger partial charge on any atom is 0.178 e. The van der Waals surface area contributed by atoms with Gasteiger partial charge in [-0.2, -0.15) is 5.26 Å². The molecule has 92 valence electrons. The molecule has 1 N–H and O–H groups in total. The first-order valence-corrected chi connectivity index (χ1v) is 6.76. The summed E-state index contributed by atoms with van der Waals surface area (Å²) < 4.78 is 2.95. The number of aromatic amines is 1. The lowest BCUT2D eigenvalue weighted by molar-refractivity contribution is 0.413. The van der Waals surface area contributed by atoms with E-state index in [1.54, 1.807) is 0 Å². The fourth-order valence-electron chi connectivity index (χ4n) is 3.08. The Morgan fingerprint density at radius 1 is 1.44 bits per heavy atom. The quantitative estimate of drug-likeness (QED) is 0.787. The number of para-hydroxylation sites is 1. The monoisotopic (exact) mass is 257 g/mol. The van der Waals surface area contributed by atoms with Gasteiger partial charge in [0.05, 0.1) is 16.6 Å². The summed E-state index contributed by atoms with van der Waals surface area (Å²) in [6.07, 6.45) is 3.70. The van der Waals surface area contributed by atoms with Crippen LogP contribution in [0.3, 0.4) is 0 Å². The Morgan fingerprint density at radius 2 is 2.28 bits per heavy atom. The maximum absolute atomic E-state index is 9.14. The van der Waals surface area contributed by atoms with Crippen molar-refractivity contribution in [2.24, 2.45) is 5.92 Å². The number of imidazole rings is 1. The summed E-state index contributed by atoms with van der Waals surface area (Å²) in [4.78, 5) is 3.20. The van der Waals surface area contributed by atoms with Crippen LogP contribution in [0.2, 0.25) is 0 Å². The van der Waals surface area contributed by atoms with E-state index in [0.29, 0.717) is 17.5 Å². The molecule has 0 amide bonds. The Kier molecular flexibility index (Phi) is 2.71. The zero-order valence-corrected chi connectivity index (χ0v) is 11.1. The molecule has 1 saturated carbocycles. The molecule has 3 nitrogen and oxygen atoms in total. The van der Waals surface area contributed by atoms with E-state index in [1.165, 1.54) is 19.3 Å². The molecule has 2 aromatic rings. The van der Waals surface area contributed by atoms with Crippen LogP contribution < -0.4 is 0 Å². The lowest BCUT2D eigenvalue weighted by Crippen LogP contribution is -2.11. The minimum Gasteiger partial charge on any atom is -0.329 e. The van der Waals surface area contributed by atoms with Crippen LogP contribution in [-0.2, 0) is 0 Å². The van der Waals surface area contributed by atoms with Gasteiger partial charge in [0.15, 0.2) is 4.77 Å². The lowest BCUT2D eigenvalue weighted by atomic mass is 10.1. The summed E-state index contributed by atoms with van der Waals surface area (Å²) in [6, 6.07) is 8.50. The van der Waals surface area contributed by atoms with Crippen LogP contribution >= 0.6 is 12.2 Å². The fraction of sp³-hybridized carbons (Fsp3) is 0.429. The first-order chi connectivity index (χ1) is 8.72. The summed E-state index contributed by atoms with van der Waals surface area (Å²) in [5.74, 6) is 0.654. The van der Waals surface area contributed by atoms with Gasteiger partial charge in [-0.1, -0.05) is 19.4 Å². The molecule has 18 heavy (non-hydrogen) atoms. The average Bonchev–Trinajstić information content (AvgIpc) is 2.91. The highest BCUT2D eigenvalue weighted by Crippen LogP contribution is 2.37. The topological polar surface area (TPSA) is 44.5 Å². The number of nitrogens with zero attached hydrogens (tertiary/aromatic N) is 2. The van der Waals surface area contributed by atoms with Gasteiger partial charge in [-0.3, -0.25) is 0 Å². The van der Waals surface area contributed by atoms with E-state index < -0.39 is 0 Å². The summed E-state index contributed by atoms with van der Waals surface area (Å²) in [5.41, 5.74) is 2.62. The van der Waals surface area contributed by atoms with Crippen LogP contribution in [-0.4, -0.2) is 9.55 Å². The van der Waals surface area contributed by atoms with Crippen molar-refractivity contribution < 1.29 is 0 Å². The normalized spacial score (nSPS) is 23.3.